The van der Waals surface area contributed by atoms with Gasteiger partial charge in [0.2, 0.25) is 5.91 Å². The van der Waals surface area contributed by atoms with Gasteiger partial charge in [-0.25, -0.2) is 0 Å². The Labute approximate surface area is 165 Å². The van der Waals surface area contributed by atoms with Gasteiger partial charge < -0.3 is 10.2 Å². The maximum Gasteiger partial charge on any atom is 0.269 e. The van der Waals surface area contributed by atoms with Gasteiger partial charge in [-0.05, 0) is 37.1 Å². The van der Waals surface area contributed by atoms with Crippen molar-refractivity contribution in [3.8, 4) is 0 Å². The third-order valence-electron chi connectivity index (χ3n) is 5.12. The lowest BCUT2D eigenvalue weighted by Crippen LogP contribution is -2.48. The summed E-state index contributed by atoms with van der Waals surface area (Å²) in [5, 5.41) is 14.4. The molecule has 1 heterocycles. The van der Waals surface area contributed by atoms with Gasteiger partial charge in [0, 0.05) is 44.0 Å². The zero-order valence-corrected chi connectivity index (χ0v) is 16.1. The lowest BCUT2D eigenvalue weighted by Gasteiger charge is -2.33. The summed E-state index contributed by atoms with van der Waals surface area (Å²) in [6, 6.07) is 16.7. The Morgan fingerprint density at radius 3 is 2.61 bits per heavy atom. The highest BCUT2D eigenvalue weighted by Gasteiger charge is 2.23. The van der Waals surface area contributed by atoms with Crippen molar-refractivity contribution in [3.05, 3.63) is 70.3 Å². The molecular formula is C21H26N4O3. The van der Waals surface area contributed by atoms with E-state index in [4.69, 9.17) is 0 Å². The second-order valence-corrected chi connectivity index (χ2v) is 7.17. The fourth-order valence-electron chi connectivity index (χ4n) is 3.46. The average Bonchev–Trinajstić information content (AvgIpc) is 2.73. The van der Waals surface area contributed by atoms with E-state index in [0.717, 1.165) is 32.5 Å². The quantitative estimate of drug-likeness (QED) is 0.588. The number of likely N-dealkylation sites (N-methyl/N-ethyl adjacent to an activating group) is 1. The van der Waals surface area contributed by atoms with Gasteiger partial charge in [-0.15, -0.1) is 0 Å². The van der Waals surface area contributed by atoms with Crippen LogP contribution in [-0.2, 0) is 11.3 Å². The molecule has 0 unspecified atom stereocenters. The SMILES string of the molecule is CN(C(=O)CN1CCC[C@H](NCc2ccccc2)C1)c1ccc([N+](=O)[O-])cc1. The number of likely N-dealkylation sites (tertiary alicyclic amines) is 1. The summed E-state index contributed by atoms with van der Waals surface area (Å²) in [5.74, 6) is -0.0161. The van der Waals surface area contributed by atoms with E-state index in [9.17, 15) is 14.9 Å². The molecule has 1 atom stereocenters. The number of amides is 1. The molecule has 1 saturated heterocycles. The van der Waals surface area contributed by atoms with Gasteiger partial charge >= 0.3 is 0 Å². The van der Waals surface area contributed by atoms with E-state index >= 15 is 0 Å². The number of carbonyl (C=O) groups is 1. The minimum absolute atomic E-state index is 0.0161. The van der Waals surface area contributed by atoms with Crippen LogP contribution in [0.3, 0.4) is 0 Å². The van der Waals surface area contributed by atoms with Crippen molar-refractivity contribution in [1.82, 2.24) is 10.2 Å². The zero-order chi connectivity index (χ0) is 19.9. The molecule has 1 aliphatic rings. The van der Waals surface area contributed by atoms with Crippen LogP contribution in [0.15, 0.2) is 54.6 Å². The number of anilines is 1. The van der Waals surface area contributed by atoms with Gasteiger partial charge in [-0.3, -0.25) is 19.8 Å². The number of nitrogens with one attached hydrogen (secondary N) is 1. The highest BCUT2D eigenvalue weighted by atomic mass is 16.6. The molecule has 1 N–H and O–H groups in total. The first-order chi connectivity index (χ1) is 13.5. The molecule has 0 aliphatic carbocycles. The van der Waals surface area contributed by atoms with Crippen LogP contribution in [0.1, 0.15) is 18.4 Å². The number of hydrogen-bond donors (Lipinski definition) is 1. The summed E-state index contributed by atoms with van der Waals surface area (Å²) >= 11 is 0. The van der Waals surface area contributed by atoms with Crippen LogP contribution < -0.4 is 10.2 Å². The van der Waals surface area contributed by atoms with Crippen molar-refractivity contribution in [2.75, 3.05) is 31.6 Å². The highest BCUT2D eigenvalue weighted by Crippen LogP contribution is 2.19. The minimum Gasteiger partial charge on any atom is -0.314 e. The standard InChI is InChI=1S/C21H26N4O3/c1-23(19-9-11-20(12-10-19)25(27)28)21(26)16-24-13-5-8-18(15-24)22-14-17-6-3-2-4-7-17/h2-4,6-7,9-12,18,22H,5,8,13-16H2,1H3/t18-/m0/s1. The average molecular weight is 382 g/mol. The summed E-state index contributed by atoms with van der Waals surface area (Å²) in [5.41, 5.74) is 1.94. The fourth-order valence-corrected chi connectivity index (χ4v) is 3.46. The second kappa shape index (κ2) is 9.43. The van der Waals surface area contributed by atoms with E-state index in [-0.39, 0.29) is 11.6 Å². The van der Waals surface area contributed by atoms with Crippen molar-refractivity contribution in [1.29, 1.82) is 0 Å². The molecular weight excluding hydrogens is 356 g/mol. The number of non-ortho nitro benzene ring substituents is 1. The number of nitro groups is 1. The predicted octanol–water partition coefficient (Wildman–Crippen LogP) is 2.81. The lowest BCUT2D eigenvalue weighted by molar-refractivity contribution is -0.384. The highest BCUT2D eigenvalue weighted by molar-refractivity contribution is 5.94. The summed E-state index contributed by atoms with van der Waals surface area (Å²) in [6.45, 7) is 2.92. The van der Waals surface area contributed by atoms with Crippen LogP contribution in [0.25, 0.3) is 0 Å². The van der Waals surface area contributed by atoms with E-state index in [2.05, 4.69) is 22.3 Å². The molecule has 2 aromatic rings. The van der Waals surface area contributed by atoms with Crippen molar-refractivity contribution < 1.29 is 9.72 Å². The first kappa shape index (κ1) is 20.0. The second-order valence-electron chi connectivity index (χ2n) is 7.17. The molecule has 3 rings (SSSR count). The van der Waals surface area contributed by atoms with Crippen molar-refractivity contribution in [2.45, 2.75) is 25.4 Å². The molecule has 2 aromatic carbocycles. The Kier molecular flexibility index (Phi) is 6.73. The number of carbonyl (C=O) groups excluding carboxylic acids is 1. The summed E-state index contributed by atoms with van der Waals surface area (Å²) in [4.78, 5) is 26.7. The Balaban J connectivity index is 1.50. The van der Waals surface area contributed by atoms with Crippen LogP contribution in [0.2, 0.25) is 0 Å². The Hall–Kier alpha value is -2.77. The molecule has 1 aliphatic heterocycles. The Morgan fingerprint density at radius 2 is 1.93 bits per heavy atom. The lowest BCUT2D eigenvalue weighted by atomic mass is 10.1. The summed E-state index contributed by atoms with van der Waals surface area (Å²) < 4.78 is 0. The van der Waals surface area contributed by atoms with E-state index in [1.807, 2.05) is 18.2 Å². The molecule has 0 aromatic heterocycles. The van der Waals surface area contributed by atoms with Crippen LogP contribution in [0.4, 0.5) is 11.4 Å². The van der Waals surface area contributed by atoms with E-state index in [0.29, 0.717) is 18.3 Å². The maximum absolute atomic E-state index is 12.6. The number of rotatable bonds is 7. The van der Waals surface area contributed by atoms with Crippen molar-refractivity contribution in [3.63, 3.8) is 0 Å². The van der Waals surface area contributed by atoms with Crippen LogP contribution in [0.5, 0.6) is 0 Å². The van der Waals surface area contributed by atoms with Gasteiger partial charge in [0.1, 0.15) is 0 Å². The van der Waals surface area contributed by atoms with Crippen LogP contribution >= 0.6 is 0 Å². The summed E-state index contributed by atoms with van der Waals surface area (Å²) in [7, 11) is 1.71. The molecule has 1 fully saturated rings. The maximum atomic E-state index is 12.6. The first-order valence-electron chi connectivity index (χ1n) is 9.53. The molecule has 0 bridgehead atoms. The molecule has 1 amide bonds. The molecule has 0 spiro atoms. The normalized spacial score (nSPS) is 17.2. The number of benzene rings is 2. The van der Waals surface area contributed by atoms with Gasteiger partial charge in [0.15, 0.2) is 0 Å². The van der Waals surface area contributed by atoms with Crippen molar-refractivity contribution >= 4 is 17.3 Å². The molecule has 7 nitrogen and oxygen atoms in total. The summed E-state index contributed by atoms with van der Waals surface area (Å²) in [6.07, 6.45) is 2.16. The molecule has 28 heavy (non-hydrogen) atoms. The predicted molar refractivity (Wildman–Crippen MR) is 109 cm³/mol. The smallest absolute Gasteiger partial charge is 0.269 e. The number of nitrogens with zero attached hydrogens (tertiary/aromatic N) is 3. The van der Waals surface area contributed by atoms with Gasteiger partial charge in [0.25, 0.3) is 5.69 Å². The topological polar surface area (TPSA) is 78.7 Å². The van der Waals surface area contributed by atoms with Crippen LogP contribution in [-0.4, -0.2) is 48.5 Å². The Morgan fingerprint density at radius 1 is 1.21 bits per heavy atom. The third-order valence-corrected chi connectivity index (χ3v) is 5.12. The van der Waals surface area contributed by atoms with Gasteiger partial charge in [-0.2, -0.15) is 0 Å². The van der Waals surface area contributed by atoms with Crippen molar-refractivity contribution in [2.24, 2.45) is 0 Å². The van der Waals surface area contributed by atoms with Gasteiger partial charge in [0.05, 0.1) is 11.5 Å². The zero-order valence-electron chi connectivity index (χ0n) is 16.1. The molecule has 0 saturated carbocycles. The largest absolute Gasteiger partial charge is 0.314 e. The molecule has 7 heteroatoms. The van der Waals surface area contributed by atoms with E-state index < -0.39 is 4.92 Å². The molecule has 0 radical (unpaired) electrons. The van der Waals surface area contributed by atoms with Crippen LogP contribution in [0, 0.1) is 10.1 Å². The monoisotopic (exact) mass is 382 g/mol. The minimum atomic E-state index is -0.443. The Bertz CT molecular complexity index is 795. The number of nitro benzene ring substituents is 1. The number of hydrogen-bond acceptors (Lipinski definition) is 5. The van der Waals surface area contributed by atoms with E-state index in [1.54, 1.807) is 24.1 Å². The van der Waals surface area contributed by atoms with E-state index in [1.165, 1.54) is 17.7 Å². The fraction of sp³-hybridized carbons (Fsp3) is 0.381. The third kappa shape index (κ3) is 5.37. The molecule has 148 valence electrons. The first-order valence-corrected chi connectivity index (χ1v) is 9.53. The number of piperidine rings is 1. The van der Waals surface area contributed by atoms with Gasteiger partial charge in [-0.1, -0.05) is 30.3 Å².